The molecule has 2 atom stereocenters. The first kappa shape index (κ1) is 19.2. The van der Waals surface area contributed by atoms with Gasteiger partial charge in [-0.2, -0.15) is 0 Å². The van der Waals surface area contributed by atoms with Crippen LogP contribution >= 0.6 is 0 Å². The van der Waals surface area contributed by atoms with Crippen molar-refractivity contribution in [3.8, 4) is 0 Å². The molecule has 2 spiro atoms. The van der Waals surface area contributed by atoms with E-state index in [1.807, 2.05) is 0 Å². The highest BCUT2D eigenvalue weighted by Crippen LogP contribution is 2.44. The van der Waals surface area contributed by atoms with Crippen LogP contribution in [0.3, 0.4) is 0 Å². The molecule has 2 N–H and O–H groups in total. The molecule has 1 saturated carbocycles. The number of piperidine rings is 1. The Bertz CT molecular complexity index is 465. The Morgan fingerprint density at radius 2 is 1.44 bits per heavy atom. The quantitative estimate of drug-likeness (QED) is 0.680. The maximum atomic E-state index is 13.1. The standard InChI is InChI=1S/C21H38N2O2/c1-17-15-20(16-19(2,3)22-17)18(24)23-21(25-20)13-11-9-7-5-4-6-8-10-12-14-21/h17,22H,4-16H2,1-3H3,(H,23,24). The average Bonchev–Trinajstić information content (AvgIpc) is 2.73. The van der Waals surface area contributed by atoms with Crippen molar-refractivity contribution in [1.29, 1.82) is 0 Å². The average molecular weight is 351 g/mol. The molecule has 3 aliphatic rings. The zero-order chi connectivity index (χ0) is 18.0. The van der Waals surface area contributed by atoms with E-state index in [9.17, 15) is 4.79 Å². The molecular weight excluding hydrogens is 312 g/mol. The number of rotatable bonds is 0. The summed E-state index contributed by atoms with van der Waals surface area (Å²) in [6.07, 6.45) is 15.1. The number of ether oxygens (including phenoxy) is 1. The summed E-state index contributed by atoms with van der Waals surface area (Å²) < 4.78 is 6.74. The maximum absolute atomic E-state index is 13.1. The van der Waals surface area contributed by atoms with Gasteiger partial charge in [0.1, 0.15) is 5.72 Å². The molecule has 3 rings (SSSR count). The first-order chi connectivity index (χ1) is 11.9. The minimum Gasteiger partial charge on any atom is -0.339 e. The van der Waals surface area contributed by atoms with Crippen molar-refractivity contribution in [3.63, 3.8) is 0 Å². The van der Waals surface area contributed by atoms with Crippen molar-refractivity contribution in [2.45, 2.75) is 127 Å². The lowest BCUT2D eigenvalue weighted by molar-refractivity contribution is -0.159. The van der Waals surface area contributed by atoms with Gasteiger partial charge < -0.3 is 15.4 Å². The second kappa shape index (κ2) is 7.56. The Morgan fingerprint density at radius 1 is 0.920 bits per heavy atom. The largest absolute Gasteiger partial charge is 0.339 e. The molecule has 4 nitrogen and oxygen atoms in total. The second-order valence-corrected chi connectivity index (χ2v) is 9.54. The van der Waals surface area contributed by atoms with E-state index < -0.39 is 11.3 Å². The van der Waals surface area contributed by atoms with Crippen LogP contribution in [0.2, 0.25) is 0 Å². The molecule has 0 radical (unpaired) electrons. The van der Waals surface area contributed by atoms with Gasteiger partial charge >= 0.3 is 0 Å². The molecule has 2 unspecified atom stereocenters. The first-order valence-electron chi connectivity index (χ1n) is 10.7. The molecule has 3 fully saturated rings. The van der Waals surface area contributed by atoms with Crippen LogP contribution < -0.4 is 10.6 Å². The van der Waals surface area contributed by atoms with Gasteiger partial charge in [0.05, 0.1) is 0 Å². The van der Waals surface area contributed by atoms with Gasteiger partial charge in [0, 0.05) is 24.4 Å². The fourth-order valence-electron chi connectivity index (χ4n) is 5.48. The van der Waals surface area contributed by atoms with Gasteiger partial charge in [-0.3, -0.25) is 4.79 Å². The Labute approximate surface area is 153 Å². The fraction of sp³-hybridized carbons (Fsp3) is 0.952. The minimum atomic E-state index is -0.634. The molecule has 0 bridgehead atoms. The zero-order valence-electron chi connectivity index (χ0n) is 16.6. The summed E-state index contributed by atoms with van der Waals surface area (Å²) in [5.41, 5.74) is -1.11. The van der Waals surface area contributed by atoms with E-state index in [2.05, 4.69) is 31.4 Å². The lowest BCUT2D eigenvalue weighted by Crippen LogP contribution is -2.60. The van der Waals surface area contributed by atoms with Gasteiger partial charge in [-0.25, -0.2) is 0 Å². The van der Waals surface area contributed by atoms with Crippen LogP contribution in [0, 0.1) is 0 Å². The zero-order valence-corrected chi connectivity index (χ0v) is 16.6. The van der Waals surface area contributed by atoms with Crippen LogP contribution in [0.25, 0.3) is 0 Å². The Hall–Kier alpha value is -0.610. The molecule has 0 aromatic carbocycles. The number of carbonyl (C=O) groups excluding carboxylic acids is 1. The van der Waals surface area contributed by atoms with Crippen LogP contribution in [-0.4, -0.2) is 28.8 Å². The van der Waals surface area contributed by atoms with Gasteiger partial charge in [-0.05, 0) is 46.5 Å². The summed E-state index contributed by atoms with van der Waals surface area (Å²) in [4.78, 5) is 13.1. The molecule has 2 heterocycles. The highest BCUT2D eigenvalue weighted by molar-refractivity contribution is 5.88. The third-order valence-electron chi connectivity index (χ3n) is 6.31. The van der Waals surface area contributed by atoms with Crippen molar-refractivity contribution >= 4 is 5.91 Å². The fourth-order valence-corrected chi connectivity index (χ4v) is 5.48. The van der Waals surface area contributed by atoms with E-state index in [1.165, 1.54) is 44.9 Å². The third kappa shape index (κ3) is 4.57. The molecule has 1 amide bonds. The summed E-state index contributed by atoms with van der Waals surface area (Å²) >= 11 is 0. The molecule has 1 aliphatic carbocycles. The maximum Gasteiger partial charge on any atom is 0.254 e. The number of hydrogen-bond donors (Lipinski definition) is 2. The molecule has 4 heteroatoms. The molecule has 25 heavy (non-hydrogen) atoms. The van der Waals surface area contributed by atoms with Gasteiger partial charge in [0.25, 0.3) is 5.91 Å². The van der Waals surface area contributed by atoms with Crippen LogP contribution in [0.1, 0.15) is 104 Å². The lowest BCUT2D eigenvalue weighted by atomic mass is 9.77. The summed E-state index contributed by atoms with van der Waals surface area (Å²) in [6.45, 7) is 6.55. The van der Waals surface area contributed by atoms with E-state index in [0.717, 1.165) is 38.5 Å². The normalized spacial score (nSPS) is 36.6. The van der Waals surface area contributed by atoms with Gasteiger partial charge in [-0.1, -0.05) is 44.9 Å². The third-order valence-corrected chi connectivity index (χ3v) is 6.31. The lowest BCUT2D eigenvalue weighted by Gasteiger charge is -2.45. The van der Waals surface area contributed by atoms with Crippen molar-refractivity contribution < 1.29 is 9.53 Å². The molecule has 0 aromatic heterocycles. The second-order valence-electron chi connectivity index (χ2n) is 9.54. The van der Waals surface area contributed by atoms with Crippen LogP contribution in [0.5, 0.6) is 0 Å². The van der Waals surface area contributed by atoms with E-state index >= 15 is 0 Å². The Balaban J connectivity index is 1.74. The van der Waals surface area contributed by atoms with E-state index in [1.54, 1.807) is 0 Å². The first-order valence-corrected chi connectivity index (χ1v) is 10.7. The molecule has 2 saturated heterocycles. The van der Waals surface area contributed by atoms with Crippen molar-refractivity contribution in [3.05, 3.63) is 0 Å². The van der Waals surface area contributed by atoms with E-state index in [0.29, 0.717) is 6.04 Å². The predicted molar refractivity (Wildman–Crippen MR) is 101 cm³/mol. The number of carbonyl (C=O) groups is 1. The summed E-state index contributed by atoms with van der Waals surface area (Å²) in [6, 6.07) is 0.302. The smallest absolute Gasteiger partial charge is 0.254 e. The molecule has 144 valence electrons. The van der Waals surface area contributed by atoms with Crippen LogP contribution in [0.4, 0.5) is 0 Å². The highest BCUT2D eigenvalue weighted by Gasteiger charge is 2.58. The Kier molecular flexibility index (Phi) is 5.79. The van der Waals surface area contributed by atoms with Crippen LogP contribution in [-0.2, 0) is 9.53 Å². The number of hydrogen-bond acceptors (Lipinski definition) is 3. The molecule has 0 aromatic rings. The topological polar surface area (TPSA) is 50.4 Å². The monoisotopic (exact) mass is 350 g/mol. The minimum absolute atomic E-state index is 0.0636. The van der Waals surface area contributed by atoms with Gasteiger partial charge in [0.15, 0.2) is 5.60 Å². The summed E-state index contributed by atoms with van der Waals surface area (Å²) in [7, 11) is 0. The van der Waals surface area contributed by atoms with Crippen molar-refractivity contribution in [1.82, 2.24) is 10.6 Å². The predicted octanol–water partition coefficient (Wildman–Crippen LogP) is 4.42. The highest BCUT2D eigenvalue weighted by atomic mass is 16.6. The van der Waals surface area contributed by atoms with Gasteiger partial charge in [0.2, 0.25) is 0 Å². The van der Waals surface area contributed by atoms with E-state index in [4.69, 9.17) is 4.74 Å². The summed E-state index contributed by atoms with van der Waals surface area (Å²) in [5, 5.41) is 6.97. The van der Waals surface area contributed by atoms with Crippen molar-refractivity contribution in [2.75, 3.05) is 0 Å². The van der Waals surface area contributed by atoms with Crippen molar-refractivity contribution in [2.24, 2.45) is 0 Å². The van der Waals surface area contributed by atoms with Crippen LogP contribution in [0.15, 0.2) is 0 Å². The Morgan fingerprint density at radius 3 is 1.96 bits per heavy atom. The summed E-state index contributed by atoms with van der Waals surface area (Å²) in [5.74, 6) is 0.140. The SMILES string of the molecule is CC1CC2(CC(C)(C)N1)OC1(CCCCCCCCCCC1)NC2=O. The molecule has 2 aliphatic heterocycles. The number of nitrogens with one attached hydrogen (secondary N) is 2. The number of amides is 1. The van der Waals surface area contributed by atoms with Gasteiger partial charge in [-0.15, -0.1) is 0 Å². The van der Waals surface area contributed by atoms with E-state index in [-0.39, 0.29) is 11.4 Å². The molecular formula is C21H38N2O2.